The van der Waals surface area contributed by atoms with Crippen LogP contribution in [0.5, 0.6) is 5.75 Å². The van der Waals surface area contributed by atoms with Gasteiger partial charge >= 0.3 is 0 Å². The highest BCUT2D eigenvalue weighted by atomic mass is 79.9. The van der Waals surface area contributed by atoms with Crippen LogP contribution in [0.15, 0.2) is 65.1 Å². The van der Waals surface area contributed by atoms with Gasteiger partial charge in [-0.25, -0.2) is 0 Å². The first-order valence-corrected chi connectivity index (χ1v) is 7.65. The van der Waals surface area contributed by atoms with Crippen molar-refractivity contribution in [1.29, 1.82) is 0 Å². The van der Waals surface area contributed by atoms with Gasteiger partial charge in [0.2, 0.25) is 0 Å². The molecule has 21 heavy (non-hydrogen) atoms. The molecule has 3 aromatic rings. The molecule has 0 amide bonds. The zero-order valence-corrected chi connectivity index (χ0v) is 13.1. The van der Waals surface area contributed by atoms with Crippen molar-refractivity contribution in [2.75, 3.05) is 7.11 Å². The fourth-order valence-electron chi connectivity index (χ4n) is 2.91. The SMILES string of the molecule is COc1cc(-c2ccc3c(c2)-c2ccccc2-3)ccc1Br. The lowest BCUT2D eigenvalue weighted by Crippen LogP contribution is -1.98. The van der Waals surface area contributed by atoms with Gasteiger partial charge in [0.05, 0.1) is 11.6 Å². The number of hydrogen-bond acceptors (Lipinski definition) is 1. The van der Waals surface area contributed by atoms with Crippen LogP contribution in [-0.2, 0) is 0 Å². The van der Waals surface area contributed by atoms with Crippen molar-refractivity contribution < 1.29 is 4.74 Å². The first-order chi connectivity index (χ1) is 10.3. The van der Waals surface area contributed by atoms with Crippen molar-refractivity contribution in [3.8, 4) is 39.1 Å². The third kappa shape index (κ3) is 1.90. The molecule has 3 aromatic carbocycles. The van der Waals surface area contributed by atoms with E-state index in [2.05, 4.69) is 70.5 Å². The molecule has 0 fully saturated rings. The van der Waals surface area contributed by atoms with E-state index in [-0.39, 0.29) is 0 Å². The van der Waals surface area contributed by atoms with Gasteiger partial charge in [-0.3, -0.25) is 0 Å². The minimum atomic E-state index is 0.857. The Bertz CT molecular complexity index is 852. The van der Waals surface area contributed by atoms with Crippen molar-refractivity contribution in [2.45, 2.75) is 0 Å². The number of hydrogen-bond donors (Lipinski definition) is 0. The number of benzene rings is 3. The zero-order chi connectivity index (χ0) is 14.4. The lowest BCUT2D eigenvalue weighted by Gasteiger charge is -2.24. The molecule has 0 bridgehead atoms. The summed E-state index contributed by atoms with van der Waals surface area (Å²) in [5, 5.41) is 0. The van der Waals surface area contributed by atoms with Gasteiger partial charge in [0, 0.05) is 0 Å². The van der Waals surface area contributed by atoms with Gasteiger partial charge in [-0.1, -0.05) is 42.5 Å². The fourth-order valence-corrected chi connectivity index (χ4v) is 3.32. The molecule has 102 valence electrons. The largest absolute Gasteiger partial charge is 0.496 e. The molecule has 0 atom stereocenters. The standard InChI is InChI=1S/C19H13BrO/c1-21-19-11-13(7-9-18(19)20)12-6-8-16-14-4-2-3-5-15(14)17(16)10-12/h2-11H,1H3. The maximum Gasteiger partial charge on any atom is 0.133 e. The smallest absolute Gasteiger partial charge is 0.133 e. The van der Waals surface area contributed by atoms with Crippen molar-refractivity contribution in [3.63, 3.8) is 0 Å². The molecule has 1 aliphatic carbocycles. The van der Waals surface area contributed by atoms with Crippen molar-refractivity contribution in [1.82, 2.24) is 0 Å². The lowest BCUT2D eigenvalue weighted by atomic mass is 9.79. The Kier molecular flexibility index (Phi) is 2.86. The molecule has 2 heteroatoms. The van der Waals surface area contributed by atoms with Gasteiger partial charge < -0.3 is 4.74 Å². The second-order valence-corrected chi connectivity index (χ2v) is 6.01. The van der Waals surface area contributed by atoms with Crippen LogP contribution < -0.4 is 4.74 Å². The summed E-state index contributed by atoms with van der Waals surface area (Å²) in [5.41, 5.74) is 7.77. The second-order valence-electron chi connectivity index (χ2n) is 5.16. The lowest BCUT2D eigenvalue weighted by molar-refractivity contribution is 0.412. The molecule has 1 aliphatic rings. The summed E-state index contributed by atoms with van der Waals surface area (Å²) in [6, 6.07) is 21.4. The molecule has 0 aliphatic heterocycles. The Labute approximate surface area is 132 Å². The fraction of sp³-hybridized carbons (Fsp3) is 0.0526. The van der Waals surface area contributed by atoms with Crippen LogP contribution in [0.1, 0.15) is 0 Å². The Morgan fingerprint density at radius 1 is 0.714 bits per heavy atom. The Balaban J connectivity index is 1.80. The van der Waals surface area contributed by atoms with E-state index in [0.29, 0.717) is 0 Å². The van der Waals surface area contributed by atoms with Crippen molar-refractivity contribution in [3.05, 3.63) is 65.1 Å². The van der Waals surface area contributed by atoms with E-state index >= 15 is 0 Å². The number of ether oxygens (including phenoxy) is 1. The van der Waals surface area contributed by atoms with E-state index in [9.17, 15) is 0 Å². The minimum absolute atomic E-state index is 0.857. The molecule has 0 saturated heterocycles. The van der Waals surface area contributed by atoms with Gasteiger partial charge in [-0.15, -0.1) is 0 Å². The molecule has 0 saturated carbocycles. The monoisotopic (exact) mass is 336 g/mol. The second kappa shape index (κ2) is 4.74. The van der Waals surface area contributed by atoms with Crippen LogP contribution in [0.4, 0.5) is 0 Å². The van der Waals surface area contributed by atoms with Gasteiger partial charge in [-0.05, 0) is 67.5 Å². The van der Waals surface area contributed by atoms with Crippen LogP contribution >= 0.6 is 15.9 Å². The topological polar surface area (TPSA) is 9.23 Å². The van der Waals surface area contributed by atoms with Crippen LogP contribution in [0.2, 0.25) is 0 Å². The van der Waals surface area contributed by atoms with E-state index in [1.165, 1.54) is 33.4 Å². The van der Waals surface area contributed by atoms with Crippen LogP contribution in [0, 0.1) is 0 Å². The predicted molar refractivity (Wildman–Crippen MR) is 90.6 cm³/mol. The minimum Gasteiger partial charge on any atom is -0.496 e. The van der Waals surface area contributed by atoms with E-state index in [4.69, 9.17) is 4.74 Å². The zero-order valence-electron chi connectivity index (χ0n) is 11.6. The number of fused-ring (bicyclic) bond motifs is 4. The summed E-state index contributed by atoms with van der Waals surface area (Å²) in [6.45, 7) is 0. The third-order valence-electron chi connectivity index (χ3n) is 4.01. The molecule has 0 radical (unpaired) electrons. The summed E-state index contributed by atoms with van der Waals surface area (Å²) < 4.78 is 6.36. The first kappa shape index (κ1) is 12.7. The summed E-state index contributed by atoms with van der Waals surface area (Å²) in [4.78, 5) is 0. The van der Waals surface area contributed by atoms with Gasteiger partial charge in [0.15, 0.2) is 0 Å². The van der Waals surface area contributed by atoms with Gasteiger partial charge in [0.1, 0.15) is 5.75 Å². The summed E-state index contributed by atoms with van der Waals surface area (Å²) in [6.07, 6.45) is 0. The highest BCUT2D eigenvalue weighted by Gasteiger charge is 2.21. The number of halogens is 1. The summed E-state index contributed by atoms with van der Waals surface area (Å²) in [7, 11) is 1.69. The third-order valence-corrected chi connectivity index (χ3v) is 4.67. The Morgan fingerprint density at radius 2 is 1.33 bits per heavy atom. The quantitative estimate of drug-likeness (QED) is 0.451. The van der Waals surface area contributed by atoms with E-state index in [1.54, 1.807) is 7.11 Å². The van der Waals surface area contributed by atoms with Crippen LogP contribution in [0.3, 0.4) is 0 Å². The molecule has 1 nitrogen and oxygen atoms in total. The van der Waals surface area contributed by atoms with Gasteiger partial charge in [-0.2, -0.15) is 0 Å². The van der Waals surface area contributed by atoms with Gasteiger partial charge in [0.25, 0.3) is 0 Å². The first-order valence-electron chi connectivity index (χ1n) is 6.85. The normalized spacial score (nSPS) is 11.3. The van der Waals surface area contributed by atoms with Crippen LogP contribution in [-0.4, -0.2) is 7.11 Å². The molecular weight excluding hydrogens is 324 g/mol. The molecule has 4 rings (SSSR count). The Morgan fingerprint density at radius 3 is 2.10 bits per heavy atom. The molecule has 0 N–H and O–H groups in total. The Hall–Kier alpha value is -2.06. The average molecular weight is 337 g/mol. The highest BCUT2D eigenvalue weighted by Crippen LogP contribution is 2.48. The molecule has 0 heterocycles. The van der Waals surface area contributed by atoms with Crippen LogP contribution in [0.25, 0.3) is 33.4 Å². The van der Waals surface area contributed by atoms with E-state index in [0.717, 1.165) is 10.2 Å². The summed E-state index contributed by atoms with van der Waals surface area (Å²) in [5.74, 6) is 0.857. The number of methoxy groups -OCH3 is 1. The molecule has 0 aromatic heterocycles. The summed E-state index contributed by atoms with van der Waals surface area (Å²) >= 11 is 3.50. The van der Waals surface area contributed by atoms with E-state index in [1.807, 2.05) is 6.07 Å². The maximum absolute atomic E-state index is 5.38. The average Bonchev–Trinajstić information content (AvgIpc) is 2.52. The molecule has 0 spiro atoms. The van der Waals surface area contributed by atoms with Crippen molar-refractivity contribution in [2.24, 2.45) is 0 Å². The number of rotatable bonds is 2. The van der Waals surface area contributed by atoms with Crippen molar-refractivity contribution >= 4 is 15.9 Å². The highest BCUT2D eigenvalue weighted by molar-refractivity contribution is 9.10. The molecule has 0 unspecified atom stereocenters. The molecular formula is C19H13BrO. The predicted octanol–water partition coefficient (Wildman–Crippen LogP) is 5.77. The van der Waals surface area contributed by atoms with E-state index < -0.39 is 0 Å². The maximum atomic E-state index is 5.38.